The van der Waals surface area contributed by atoms with Gasteiger partial charge in [-0.05, 0) is 6.26 Å². The first-order chi connectivity index (χ1) is 15.1. The van der Waals surface area contributed by atoms with E-state index in [2.05, 4.69) is 28.1 Å². The fraction of sp³-hybridized carbons (Fsp3) is 0.545. The van der Waals surface area contributed by atoms with Crippen LogP contribution in [0.1, 0.15) is 6.23 Å². The smallest absolute Gasteiger partial charge is 0.443 e. The van der Waals surface area contributed by atoms with Crippen molar-refractivity contribution in [3.63, 3.8) is 0 Å². The van der Waals surface area contributed by atoms with Crippen LogP contribution < -0.4 is 5.73 Å². The number of thioether (sulfide) groups is 1. The molecule has 6 unspecified atom stereocenters. The second-order valence-corrected chi connectivity index (χ2v) is 11.8. The van der Waals surface area contributed by atoms with Gasteiger partial charge in [-0.2, -0.15) is 4.31 Å². The van der Waals surface area contributed by atoms with Crippen molar-refractivity contribution in [3.05, 3.63) is 6.33 Å². The third-order valence-electron chi connectivity index (χ3n) is 4.07. The van der Waals surface area contributed by atoms with Gasteiger partial charge in [-0.3, -0.25) is 4.57 Å². The molecule has 2 aromatic rings. The van der Waals surface area contributed by atoms with Crippen molar-refractivity contribution in [1.82, 2.24) is 19.5 Å². The predicted octanol–water partition coefficient (Wildman–Crippen LogP) is -0.731. The zero-order valence-corrected chi connectivity index (χ0v) is 19.9. The first-order valence-corrected chi connectivity index (χ1v) is 14.4. The van der Waals surface area contributed by atoms with Crippen molar-refractivity contribution in [3.8, 4) is 0 Å². The van der Waals surface area contributed by atoms with Crippen LogP contribution in [-0.4, -0.2) is 83.2 Å². The summed E-state index contributed by atoms with van der Waals surface area (Å²) in [4.78, 5) is 38.7. The van der Waals surface area contributed by atoms with Gasteiger partial charge in [0.1, 0.15) is 23.8 Å². The van der Waals surface area contributed by atoms with Crippen LogP contribution in [0.3, 0.4) is 0 Å². The first-order valence-electron chi connectivity index (χ1n) is 8.52. The Morgan fingerprint density at radius 3 is 2.48 bits per heavy atom. The van der Waals surface area contributed by atoms with E-state index in [0.717, 1.165) is 0 Å². The van der Waals surface area contributed by atoms with Crippen LogP contribution in [0.25, 0.3) is 11.2 Å². The van der Waals surface area contributed by atoms with Gasteiger partial charge in [0.2, 0.25) is 0 Å². The number of ether oxygens (including phenoxy) is 1. The molecule has 7 N–H and O–H groups in total. The first kappa shape index (κ1) is 26.7. The van der Waals surface area contributed by atoms with Crippen LogP contribution in [0, 0.1) is 0 Å². The number of aliphatic hydroxyl groups excluding tert-OH is 2. The molecule has 3 rings (SSSR count). The Balaban J connectivity index is 1.73. The Hall–Kier alpha value is -0.905. The van der Waals surface area contributed by atoms with Gasteiger partial charge in [-0.1, -0.05) is 11.8 Å². The van der Waals surface area contributed by atoms with Gasteiger partial charge in [0.15, 0.2) is 22.8 Å². The fourth-order valence-corrected chi connectivity index (χ4v) is 6.31. The van der Waals surface area contributed by atoms with Crippen LogP contribution in [0.2, 0.25) is 0 Å². The van der Waals surface area contributed by atoms with Crippen LogP contribution >= 0.6 is 34.9 Å². The second kappa shape index (κ2) is 9.62. The number of fused-ring (bicyclic) bond motifs is 1. The van der Waals surface area contributed by atoms with E-state index in [1.54, 1.807) is 6.26 Å². The van der Waals surface area contributed by atoms with E-state index in [4.69, 9.17) is 27.8 Å². The third kappa shape index (κ3) is 6.41. The maximum atomic E-state index is 12.1. The molecule has 1 aliphatic heterocycles. The topological polar surface area (TPSA) is 259 Å². The van der Waals surface area contributed by atoms with E-state index in [-0.39, 0.29) is 17.0 Å². The lowest BCUT2D eigenvalue weighted by Gasteiger charge is -2.29. The molecule has 3 heterocycles. The Bertz CT molecular complexity index is 1180. The van der Waals surface area contributed by atoms with Gasteiger partial charge in [0, 0.05) is 0 Å². The number of phosphoric acid groups is 2. The highest BCUT2D eigenvalue weighted by Crippen LogP contribution is 2.66. The molecule has 1 fully saturated rings. The molecular weight excluding hydrogens is 530 g/mol. The summed E-state index contributed by atoms with van der Waals surface area (Å²) in [6.07, 6.45) is -2.89. The number of nitrogens with two attached hydrogens (primary N) is 1. The van der Waals surface area contributed by atoms with E-state index in [9.17, 15) is 28.8 Å². The molecule has 33 heavy (non-hydrogen) atoms. The maximum Gasteiger partial charge on any atom is 0.485 e. The Morgan fingerprint density at radius 1 is 1.21 bits per heavy atom. The fourth-order valence-electron chi connectivity index (χ4n) is 2.79. The van der Waals surface area contributed by atoms with Crippen molar-refractivity contribution >= 4 is 59.4 Å². The molecular formula is C11H17BN5O12P3S-. The van der Waals surface area contributed by atoms with E-state index in [1.165, 1.54) is 22.7 Å². The number of rotatable bonds is 9. The lowest BCUT2D eigenvalue weighted by Crippen LogP contribution is -2.33. The molecule has 1 aliphatic rings. The highest BCUT2D eigenvalue weighted by molar-refractivity contribution is 7.98. The zero-order chi connectivity index (χ0) is 24.8. The van der Waals surface area contributed by atoms with Crippen LogP contribution in [0.5, 0.6) is 0 Å². The minimum atomic E-state index is -5.59. The zero-order valence-electron chi connectivity index (χ0n) is 16.4. The van der Waals surface area contributed by atoms with E-state index < -0.39 is 54.3 Å². The Morgan fingerprint density at radius 2 is 1.88 bits per heavy atom. The average Bonchev–Trinajstić information content (AvgIpc) is 3.19. The summed E-state index contributed by atoms with van der Waals surface area (Å²) >= 11 is 1.20. The molecule has 1 saturated heterocycles. The SMILES string of the molecule is [B-]P(=O)(OCC1OC(n2cnc3c(N)nc(SC)nc32)C(O)C1O)OP(=O)(O)OP(=O)(O)O. The molecule has 0 saturated carbocycles. The summed E-state index contributed by atoms with van der Waals surface area (Å²) in [7, 11) is -10.9. The normalized spacial score (nSPS) is 27.5. The highest BCUT2D eigenvalue weighted by atomic mass is 32.2. The van der Waals surface area contributed by atoms with Crippen molar-refractivity contribution in [1.29, 1.82) is 0 Å². The molecule has 0 aliphatic carbocycles. The van der Waals surface area contributed by atoms with E-state index in [0.29, 0.717) is 5.16 Å². The minimum Gasteiger partial charge on any atom is -0.443 e. The van der Waals surface area contributed by atoms with Crippen molar-refractivity contribution in [2.45, 2.75) is 29.7 Å². The van der Waals surface area contributed by atoms with E-state index in [1.807, 2.05) is 0 Å². The number of nitrogens with zero attached hydrogens (tertiary/aromatic N) is 4. The summed E-state index contributed by atoms with van der Waals surface area (Å²) in [5.41, 5.74) is 6.24. The van der Waals surface area contributed by atoms with Gasteiger partial charge in [0.25, 0.3) is 0 Å². The Kier molecular flexibility index (Phi) is 7.79. The number of hydrogen-bond acceptors (Lipinski definition) is 14. The Labute approximate surface area is 190 Å². The van der Waals surface area contributed by atoms with Gasteiger partial charge in [0.05, 0.1) is 20.4 Å². The number of anilines is 1. The molecule has 3 radical (unpaired) electrons. The maximum absolute atomic E-state index is 12.1. The second-order valence-electron chi connectivity index (χ2n) is 6.42. The molecule has 0 bridgehead atoms. The molecule has 17 nitrogen and oxygen atoms in total. The van der Waals surface area contributed by atoms with Gasteiger partial charge in [-0.15, -0.1) is 0 Å². The summed E-state index contributed by atoms with van der Waals surface area (Å²) in [5, 5.41) is 21.0. The van der Waals surface area contributed by atoms with Crippen LogP contribution in [-0.2, 0) is 31.6 Å². The summed E-state index contributed by atoms with van der Waals surface area (Å²) < 4.78 is 53.2. The molecule has 22 heteroatoms. The van der Waals surface area contributed by atoms with Crippen LogP contribution in [0.4, 0.5) is 5.82 Å². The highest BCUT2D eigenvalue weighted by Gasteiger charge is 2.45. The van der Waals surface area contributed by atoms with Crippen molar-refractivity contribution in [2.75, 3.05) is 18.6 Å². The molecule has 0 aromatic carbocycles. The summed E-state index contributed by atoms with van der Waals surface area (Å²) in [6.45, 7) is -0.835. The average molecular weight is 547 g/mol. The number of hydrogen-bond donors (Lipinski definition) is 6. The van der Waals surface area contributed by atoms with Gasteiger partial charge < -0.3 is 52.0 Å². The number of aliphatic hydroxyl groups is 2. The van der Waals surface area contributed by atoms with E-state index >= 15 is 0 Å². The predicted molar refractivity (Wildman–Crippen MR) is 111 cm³/mol. The number of imidazole rings is 1. The lowest BCUT2D eigenvalue weighted by atomic mass is 10.1. The third-order valence-corrected chi connectivity index (χ3v) is 8.54. The number of aromatic nitrogens is 4. The van der Waals surface area contributed by atoms with Gasteiger partial charge in [-0.25, -0.2) is 28.4 Å². The van der Waals surface area contributed by atoms with Crippen molar-refractivity contribution < 1.29 is 56.5 Å². The molecule has 183 valence electrons. The standard InChI is InChI=1S/C11H17BN5O12P3S/c1-33-11-15-8(13)5-9(16-11)17(3-14-5)10-7(19)6(18)4(27-10)2-26-30(12,20)28-32(24,25)29-31(21,22)23/h3-4,6-7,10,18-19H,2H2,1H3,(H,24,25)(H2,13,15,16)(H2,21,22,23)/q-1. The monoisotopic (exact) mass is 547 g/mol. The molecule has 0 amide bonds. The summed E-state index contributed by atoms with van der Waals surface area (Å²) in [6, 6.07) is 0. The quantitative estimate of drug-likeness (QED) is 0.0978. The minimum absolute atomic E-state index is 0.0724. The molecule has 6 atom stereocenters. The van der Waals surface area contributed by atoms with Gasteiger partial charge >= 0.3 is 15.6 Å². The molecule has 0 spiro atoms. The number of nitrogen functional groups attached to an aromatic ring is 1. The van der Waals surface area contributed by atoms with Crippen molar-refractivity contribution in [2.24, 2.45) is 0 Å². The lowest BCUT2D eigenvalue weighted by molar-refractivity contribution is -0.0479. The molecule has 2 aromatic heterocycles. The van der Waals surface area contributed by atoms with Crippen LogP contribution in [0.15, 0.2) is 11.5 Å². The summed E-state index contributed by atoms with van der Waals surface area (Å²) in [5.74, 6) is 0.0724. The largest absolute Gasteiger partial charge is 0.485 e.